The maximum absolute atomic E-state index is 13.7. The lowest BCUT2D eigenvalue weighted by molar-refractivity contribution is 0.0624. The Balaban J connectivity index is 3.00. The van der Waals surface area contributed by atoms with Crippen LogP contribution in [0.3, 0.4) is 0 Å². The molecule has 1 unspecified atom stereocenters. The van der Waals surface area contributed by atoms with Gasteiger partial charge in [0.15, 0.2) is 0 Å². The summed E-state index contributed by atoms with van der Waals surface area (Å²) < 4.78 is 13.7. The summed E-state index contributed by atoms with van der Waals surface area (Å²) in [5.74, 6) is -0.900. The second-order valence-electron chi connectivity index (χ2n) is 5.70. The zero-order chi connectivity index (χ0) is 14.1. The van der Waals surface area contributed by atoms with E-state index in [1.165, 1.54) is 18.2 Å². The topological polar surface area (TPSA) is 46.3 Å². The standard InChI is InChI=1S/C14H21FN2O/c1-9(14(2,3)4)17(5)13(18)11-7-6-10(16)8-12(11)15/h6-9H,16H2,1-5H3. The van der Waals surface area contributed by atoms with Crippen molar-refractivity contribution in [1.82, 2.24) is 4.90 Å². The van der Waals surface area contributed by atoms with Crippen molar-refractivity contribution in [2.45, 2.75) is 33.7 Å². The molecule has 0 radical (unpaired) electrons. The van der Waals surface area contributed by atoms with Crippen LogP contribution in [0, 0.1) is 11.2 Å². The maximum Gasteiger partial charge on any atom is 0.256 e. The first-order valence-corrected chi connectivity index (χ1v) is 5.96. The van der Waals surface area contributed by atoms with Crippen LogP contribution in [-0.4, -0.2) is 23.9 Å². The van der Waals surface area contributed by atoms with E-state index in [0.29, 0.717) is 5.69 Å². The van der Waals surface area contributed by atoms with Crippen molar-refractivity contribution in [3.05, 3.63) is 29.6 Å². The molecular weight excluding hydrogens is 231 g/mol. The van der Waals surface area contributed by atoms with Gasteiger partial charge in [-0.2, -0.15) is 0 Å². The highest BCUT2D eigenvalue weighted by molar-refractivity contribution is 5.94. The number of carbonyl (C=O) groups is 1. The van der Waals surface area contributed by atoms with E-state index in [4.69, 9.17) is 5.73 Å². The van der Waals surface area contributed by atoms with Gasteiger partial charge in [0, 0.05) is 18.8 Å². The Labute approximate surface area is 108 Å². The van der Waals surface area contributed by atoms with Crippen LogP contribution < -0.4 is 5.73 Å². The molecule has 18 heavy (non-hydrogen) atoms. The fourth-order valence-electron chi connectivity index (χ4n) is 1.65. The first-order valence-electron chi connectivity index (χ1n) is 5.96. The molecule has 1 atom stereocenters. The van der Waals surface area contributed by atoms with Gasteiger partial charge in [-0.05, 0) is 30.5 Å². The average molecular weight is 252 g/mol. The molecule has 0 heterocycles. The zero-order valence-electron chi connectivity index (χ0n) is 11.6. The minimum absolute atomic E-state index is 0.00181. The molecule has 1 amide bonds. The van der Waals surface area contributed by atoms with Crippen LogP contribution in [0.1, 0.15) is 38.1 Å². The monoisotopic (exact) mass is 252 g/mol. The van der Waals surface area contributed by atoms with Crippen molar-refractivity contribution >= 4 is 11.6 Å². The van der Waals surface area contributed by atoms with E-state index in [1.54, 1.807) is 11.9 Å². The molecule has 0 aliphatic heterocycles. The average Bonchev–Trinajstić information content (AvgIpc) is 2.25. The van der Waals surface area contributed by atoms with Crippen molar-refractivity contribution in [1.29, 1.82) is 0 Å². The number of anilines is 1. The Morgan fingerprint density at radius 2 is 1.94 bits per heavy atom. The van der Waals surface area contributed by atoms with Gasteiger partial charge in [-0.15, -0.1) is 0 Å². The van der Waals surface area contributed by atoms with Crippen LogP contribution in [0.2, 0.25) is 0 Å². The Morgan fingerprint density at radius 1 is 1.39 bits per heavy atom. The number of nitrogens with two attached hydrogens (primary N) is 1. The third kappa shape index (κ3) is 3.00. The number of carbonyl (C=O) groups excluding carboxylic acids is 1. The minimum Gasteiger partial charge on any atom is -0.399 e. The Hall–Kier alpha value is -1.58. The van der Waals surface area contributed by atoms with Crippen molar-refractivity contribution < 1.29 is 9.18 Å². The highest BCUT2D eigenvalue weighted by Crippen LogP contribution is 2.25. The lowest BCUT2D eigenvalue weighted by Gasteiger charge is -2.35. The van der Waals surface area contributed by atoms with Gasteiger partial charge < -0.3 is 10.6 Å². The van der Waals surface area contributed by atoms with Gasteiger partial charge in [0.1, 0.15) is 5.82 Å². The predicted octanol–water partition coefficient (Wildman–Crippen LogP) is 2.91. The molecule has 2 N–H and O–H groups in total. The quantitative estimate of drug-likeness (QED) is 0.823. The lowest BCUT2D eigenvalue weighted by atomic mass is 9.87. The number of benzene rings is 1. The zero-order valence-corrected chi connectivity index (χ0v) is 11.6. The van der Waals surface area contributed by atoms with Gasteiger partial charge in [-0.25, -0.2) is 4.39 Å². The molecule has 0 fully saturated rings. The summed E-state index contributed by atoms with van der Waals surface area (Å²) >= 11 is 0. The summed E-state index contributed by atoms with van der Waals surface area (Å²) in [6, 6.07) is 4.13. The molecule has 0 aromatic heterocycles. The van der Waals surface area contributed by atoms with Crippen molar-refractivity contribution in [3.63, 3.8) is 0 Å². The summed E-state index contributed by atoms with van der Waals surface area (Å²) in [5.41, 5.74) is 5.78. The normalized spacial score (nSPS) is 13.2. The SMILES string of the molecule is CC(N(C)C(=O)c1ccc(N)cc1F)C(C)(C)C. The molecule has 0 saturated carbocycles. The first-order chi connectivity index (χ1) is 8.14. The van der Waals surface area contributed by atoms with E-state index in [1.807, 2.05) is 27.7 Å². The van der Waals surface area contributed by atoms with Gasteiger partial charge >= 0.3 is 0 Å². The highest BCUT2D eigenvalue weighted by atomic mass is 19.1. The number of hydrogen-bond acceptors (Lipinski definition) is 2. The van der Waals surface area contributed by atoms with Crippen LogP contribution >= 0.6 is 0 Å². The number of amides is 1. The molecule has 4 heteroatoms. The number of nitrogens with zero attached hydrogens (tertiary/aromatic N) is 1. The summed E-state index contributed by atoms with van der Waals surface area (Å²) in [5, 5.41) is 0. The molecule has 0 bridgehead atoms. The maximum atomic E-state index is 13.7. The molecule has 1 aromatic carbocycles. The molecule has 100 valence electrons. The van der Waals surface area contributed by atoms with E-state index in [9.17, 15) is 9.18 Å². The summed E-state index contributed by atoms with van der Waals surface area (Å²) in [4.78, 5) is 13.8. The molecule has 3 nitrogen and oxygen atoms in total. The van der Waals surface area contributed by atoms with E-state index in [2.05, 4.69) is 0 Å². The van der Waals surface area contributed by atoms with Crippen LogP contribution in [0.5, 0.6) is 0 Å². The van der Waals surface area contributed by atoms with E-state index in [-0.39, 0.29) is 22.9 Å². The second kappa shape index (κ2) is 4.96. The van der Waals surface area contributed by atoms with E-state index in [0.717, 1.165) is 0 Å². The Kier molecular flexibility index (Phi) is 3.99. The third-order valence-corrected chi connectivity index (χ3v) is 3.38. The van der Waals surface area contributed by atoms with Gasteiger partial charge in [-0.3, -0.25) is 4.79 Å². The smallest absolute Gasteiger partial charge is 0.256 e. The van der Waals surface area contributed by atoms with Gasteiger partial charge in [-0.1, -0.05) is 20.8 Å². The lowest BCUT2D eigenvalue weighted by Crippen LogP contribution is -2.43. The fourth-order valence-corrected chi connectivity index (χ4v) is 1.65. The van der Waals surface area contributed by atoms with Crippen LogP contribution in [0.15, 0.2) is 18.2 Å². The summed E-state index contributed by atoms with van der Waals surface area (Å²) in [6.07, 6.45) is 0. The highest BCUT2D eigenvalue weighted by Gasteiger charge is 2.28. The molecule has 0 aliphatic carbocycles. The van der Waals surface area contributed by atoms with Gasteiger partial charge in [0.2, 0.25) is 0 Å². The van der Waals surface area contributed by atoms with E-state index < -0.39 is 5.82 Å². The van der Waals surface area contributed by atoms with Gasteiger partial charge in [0.25, 0.3) is 5.91 Å². The molecule has 0 aliphatic rings. The number of nitrogen functional groups attached to an aromatic ring is 1. The van der Waals surface area contributed by atoms with Crippen LogP contribution in [0.25, 0.3) is 0 Å². The molecule has 1 aromatic rings. The van der Waals surface area contributed by atoms with Crippen molar-refractivity contribution in [3.8, 4) is 0 Å². The number of rotatable bonds is 2. The first kappa shape index (κ1) is 14.5. The van der Waals surface area contributed by atoms with Crippen molar-refractivity contribution in [2.24, 2.45) is 5.41 Å². The predicted molar refractivity (Wildman–Crippen MR) is 71.8 cm³/mol. The van der Waals surface area contributed by atoms with Crippen molar-refractivity contribution in [2.75, 3.05) is 12.8 Å². The molecular formula is C14H21FN2O. The minimum atomic E-state index is -0.576. The summed E-state index contributed by atoms with van der Waals surface area (Å²) in [7, 11) is 1.69. The largest absolute Gasteiger partial charge is 0.399 e. The molecule has 0 saturated heterocycles. The molecule has 0 spiro atoms. The molecule has 1 rings (SSSR count). The third-order valence-electron chi connectivity index (χ3n) is 3.38. The Bertz CT molecular complexity index is 452. The van der Waals surface area contributed by atoms with Gasteiger partial charge in [0.05, 0.1) is 5.56 Å². The number of halogens is 1. The fraction of sp³-hybridized carbons (Fsp3) is 0.500. The van der Waals surface area contributed by atoms with Crippen LogP contribution in [-0.2, 0) is 0 Å². The second-order valence-corrected chi connectivity index (χ2v) is 5.70. The number of hydrogen-bond donors (Lipinski definition) is 1. The summed E-state index contributed by atoms with van der Waals surface area (Å²) in [6.45, 7) is 8.08. The Morgan fingerprint density at radius 3 is 2.39 bits per heavy atom. The van der Waals surface area contributed by atoms with Crippen LogP contribution in [0.4, 0.5) is 10.1 Å². The van der Waals surface area contributed by atoms with E-state index >= 15 is 0 Å².